The van der Waals surface area contributed by atoms with Gasteiger partial charge >= 0.3 is 0 Å². The number of β-amino-alcohol motifs (C(OH)–C–C–N with tert-alkyl or cyclic N) is 1. The predicted octanol–water partition coefficient (Wildman–Crippen LogP) is 0.391. The third kappa shape index (κ3) is 5.02. The second-order valence-electron chi connectivity index (χ2n) is 8.23. The number of nitrogens with one attached hydrogen (secondary N) is 1. The molecule has 3 rings (SSSR count). The number of hydrogen-bond donors (Lipinski definition) is 6. The largest absolute Gasteiger partial charge is 0.491 e. The van der Waals surface area contributed by atoms with E-state index in [-0.39, 0.29) is 13.2 Å². The highest BCUT2D eigenvalue weighted by molar-refractivity contribution is 6.08. The summed E-state index contributed by atoms with van der Waals surface area (Å²) < 4.78 is 7.71. The molecule has 9 heteroatoms. The first-order valence-electron chi connectivity index (χ1n) is 10.7. The quantitative estimate of drug-likeness (QED) is 0.244. The summed E-state index contributed by atoms with van der Waals surface area (Å²) in [5.41, 5.74) is 8.35. The molecule has 0 aliphatic carbocycles. The van der Waals surface area contributed by atoms with Crippen LogP contribution in [0, 0.1) is 13.8 Å². The van der Waals surface area contributed by atoms with E-state index >= 15 is 0 Å². The minimum absolute atomic E-state index is 0.0147. The number of aliphatic hydroxyl groups is 4. The minimum atomic E-state index is -1.29. The lowest BCUT2D eigenvalue weighted by Gasteiger charge is -2.29. The number of fused-ring (bicyclic) bond motifs is 1. The van der Waals surface area contributed by atoms with Gasteiger partial charge in [0.2, 0.25) is 0 Å². The number of rotatable bonds is 11. The Morgan fingerprint density at radius 3 is 2.39 bits per heavy atom. The highest BCUT2D eigenvalue weighted by Crippen LogP contribution is 2.32. The van der Waals surface area contributed by atoms with E-state index in [9.17, 15) is 25.2 Å². The Hall–Kier alpha value is -2.95. The first kappa shape index (κ1) is 24.7. The molecular weight excluding hydrogens is 426 g/mol. The highest BCUT2D eigenvalue weighted by Gasteiger charge is 2.28. The van der Waals surface area contributed by atoms with Crippen LogP contribution in [0.15, 0.2) is 42.5 Å². The first-order valence-corrected chi connectivity index (χ1v) is 10.7. The van der Waals surface area contributed by atoms with Crippen LogP contribution in [-0.2, 0) is 0 Å². The van der Waals surface area contributed by atoms with E-state index in [2.05, 4.69) is 5.32 Å². The summed E-state index contributed by atoms with van der Waals surface area (Å²) in [7, 11) is 0. The average molecular weight is 458 g/mol. The summed E-state index contributed by atoms with van der Waals surface area (Å²) in [5.74, 6) is -0.0942. The van der Waals surface area contributed by atoms with Crippen LogP contribution in [-0.4, -0.2) is 75.5 Å². The molecule has 1 amide bonds. The van der Waals surface area contributed by atoms with Gasteiger partial charge in [-0.15, -0.1) is 0 Å². The Morgan fingerprint density at radius 1 is 1.12 bits per heavy atom. The number of carbonyl (C=O) groups is 1. The van der Waals surface area contributed by atoms with Crippen molar-refractivity contribution < 1.29 is 30.0 Å². The van der Waals surface area contributed by atoms with Crippen molar-refractivity contribution in [2.75, 3.05) is 33.0 Å². The molecule has 0 fully saturated rings. The molecule has 0 bridgehead atoms. The van der Waals surface area contributed by atoms with Crippen LogP contribution in [0.1, 0.15) is 21.6 Å². The maximum atomic E-state index is 12.3. The van der Waals surface area contributed by atoms with Crippen molar-refractivity contribution in [1.82, 2.24) is 9.88 Å². The summed E-state index contributed by atoms with van der Waals surface area (Å²) in [6.07, 6.45) is -0.973. The summed E-state index contributed by atoms with van der Waals surface area (Å²) >= 11 is 0. The zero-order valence-electron chi connectivity index (χ0n) is 18.8. The van der Waals surface area contributed by atoms with Gasteiger partial charge in [-0.3, -0.25) is 4.79 Å². The standard InChI is InChI=1S/C24H31N3O6/c1-15-5-3-4-6-20(15)27-16(2)22(23(25)32)19-9-18(7-8-21(19)27)33-11-17(31)10-26-24(12-28,13-29)14-30/h3-9,17,26,28-31H,10-14H2,1-2H3,(H2,25,32). The lowest BCUT2D eigenvalue weighted by atomic mass is 10.0. The molecule has 0 saturated heterocycles. The average Bonchev–Trinajstić information content (AvgIpc) is 3.10. The maximum Gasteiger partial charge on any atom is 0.251 e. The van der Waals surface area contributed by atoms with Gasteiger partial charge in [0.25, 0.3) is 5.91 Å². The van der Waals surface area contributed by atoms with Crippen molar-refractivity contribution in [2.24, 2.45) is 5.73 Å². The van der Waals surface area contributed by atoms with Crippen LogP contribution < -0.4 is 15.8 Å². The Labute approximate surface area is 192 Å². The second kappa shape index (κ2) is 10.3. The van der Waals surface area contributed by atoms with Crippen molar-refractivity contribution >= 4 is 16.8 Å². The number of aryl methyl sites for hydroxylation is 1. The van der Waals surface area contributed by atoms with Crippen molar-refractivity contribution in [3.05, 3.63) is 59.3 Å². The summed E-state index contributed by atoms with van der Waals surface area (Å²) in [6, 6.07) is 13.2. The van der Waals surface area contributed by atoms with Gasteiger partial charge in [-0.2, -0.15) is 0 Å². The number of nitrogens with two attached hydrogens (primary N) is 1. The molecule has 9 nitrogen and oxygen atoms in total. The molecule has 33 heavy (non-hydrogen) atoms. The van der Waals surface area contributed by atoms with Gasteiger partial charge in [0.15, 0.2) is 0 Å². The smallest absolute Gasteiger partial charge is 0.251 e. The Morgan fingerprint density at radius 2 is 1.79 bits per heavy atom. The molecule has 1 heterocycles. The van der Waals surface area contributed by atoms with Crippen molar-refractivity contribution in [3.8, 4) is 11.4 Å². The topological polar surface area (TPSA) is 150 Å². The number of amides is 1. The van der Waals surface area contributed by atoms with E-state index in [4.69, 9.17) is 10.5 Å². The van der Waals surface area contributed by atoms with Gasteiger partial charge in [0, 0.05) is 23.3 Å². The van der Waals surface area contributed by atoms with Crippen LogP contribution in [0.2, 0.25) is 0 Å². The first-order chi connectivity index (χ1) is 15.8. The van der Waals surface area contributed by atoms with Crippen LogP contribution in [0.3, 0.4) is 0 Å². The fourth-order valence-corrected chi connectivity index (χ4v) is 3.83. The Balaban J connectivity index is 1.85. The minimum Gasteiger partial charge on any atom is -0.491 e. The van der Waals surface area contributed by atoms with Crippen molar-refractivity contribution in [3.63, 3.8) is 0 Å². The number of primary amides is 1. The summed E-state index contributed by atoms with van der Waals surface area (Å²) in [4.78, 5) is 12.3. The third-order valence-electron chi connectivity index (χ3n) is 5.84. The molecular formula is C24H31N3O6. The molecule has 0 aliphatic rings. The maximum absolute atomic E-state index is 12.3. The summed E-state index contributed by atoms with van der Waals surface area (Å²) in [5, 5.41) is 41.7. The lowest BCUT2D eigenvalue weighted by molar-refractivity contribution is 0.0261. The Bertz CT molecular complexity index is 1110. The van der Waals surface area contributed by atoms with Gasteiger partial charge in [-0.05, 0) is 43.7 Å². The van der Waals surface area contributed by atoms with Gasteiger partial charge in [-0.25, -0.2) is 0 Å². The van der Waals surface area contributed by atoms with Crippen molar-refractivity contribution in [2.45, 2.75) is 25.5 Å². The molecule has 2 aromatic carbocycles. The van der Waals surface area contributed by atoms with Crippen LogP contribution in [0.4, 0.5) is 0 Å². The number of hydrogen-bond acceptors (Lipinski definition) is 7. The number of benzene rings is 2. The molecule has 0 radical (unpaired) electrons. The van der Waals surface area contributed by atoms with Gasteiger partial charge < -0.3 is 40.8 Å². The number of nitrogens with zero attached hydrogens (tertiary/aromatic N) is 1. The fraction of sp³-hybridized carbons (Fsp3) is 0.375. The van der Waals surface area contributed by atoms with Gasteiger partial charge in [0.1, 0.15) is 18.5 Å². The highest BCUT2D eigenvalue weighted by atomic mass is 16.5. The SMILES string of the molecule is Cc1ccccc1-n1c(C)c(C(N)=O)c2cc(OCC(O)CNC(CO)(CO)CO)ccc21. The van der Waals surface area contributed by atoms with E-state index in [1.807, 2.05) is 48.7 Å². The van der Waals surface area contributed by atoms with E-state index < -0.39 is 37.4 Å². The predicted molar refractivity (Wildman–Crippen MR) is 125 cm³/mol. The second-order valence-corrected chi connectivity index (χ2v) is 8.23. The number of ether oxygens (including phenoxy) is 1. The van der Waals surface area contributed by atoms with E-state index in [1.54, 1.807) is 12.1 Å². The molecule has 1 unspecified atom stereocenters. The molecule has 178 valence electrons. The number of aromatic nitrogens is 1. The molecule has 1 atom stereocenters. The zero-order valence-corrected chi connectivity index (χ0v) is 18.8. The number of carbonyl (C=O) groups excluding carboxylic acids is 1. The number of aliphatic hydroxyl groups excluding tert-OH is 4. The normalized spacial score (nSPS) is 12.8. The zero-order chi connectivity index (χ0) is 24.2. The molecule has 7 N–H and O–H groups in total. The van der Waals surface area contributed by atoms with E-state index in [0.29, 0.717) is 16.7 Å². The lowest BCUT2D eigenvalue weighted by Crippen LogP contribution is -2.57. The van der Waals surface area contributed by atoms with Crippen LogP contribution in [0.25, 0.3) is 16.6 Å². The van der Waals surface area contributed by atoms with Crippen molar-refractivity contribution in [1.29, 1.82) is 0 Å². The monoisotopic (exact) mass is 457 g/mol. The van der Waals surface area contributed by atoms with Gasteiger partial charge in [-0.1, -0.05) is 18.2 Å². The van der Waals surface area contributed by atoms with E-state index in [1.165, 1.54) is 0 Å². The third-order valence-corrected chi connectivity index (χ3v) is 5.84. The Kier molecular flexibility index (Phi) is 7.72. The van der Waals surface area contributed by atoms with Crippen LogP contribution >= 0.6 is 0 Å². The molecule has 1 aromatic heterocycles. The number of para-hydroxylation sites is 1. The van der Waals surface area contributed by atoms with Gasteiger partial charge in [0.05, 0.1) is 36.4 Å². The fourth-order valence-electron chi connectivity index (χ4n) is 3.83. The van der Waals surface area contributed by atoms with E-state index in [0.717, 1.165) is 22.5 Å². The summed E-state index contributed by atoms with van der Waals surface area (Å²) in [6.45, 7) is 2.28. The molecule has 3 aromatic rings. The molecule has 0 aliphatic heterocycles. The molecule has 0 spiro atoms. The van der Waals surface area contributed by atoms with Crippen LogP contribution in [0.5, 0.6) is 5.75 Å². The molecule has 0 saturated carbocycles.